The van der Waals surface area contributed by atoms with E-state index in [0.29, 0.717) is 0 Å². The van der Waals surface area contributed by atoms with Crippen LogP contribution in [0.15, 0.2) is 6.08 Å². The minimum absolute atomic E-state index is 0. The van der Waals surface area contributed by atoms with Gasteiger partial charge in [0.05, 0.1) is 0 Å². The van der Waals surface area contributed by atoms with Gasteiger partial charge in [0.1, 0.15) is 0 Å². The molecule has 0 saturated carbocycles. The molecule has 0 nitrogen and oxygen atoms in total. The van der Waals surface area contributed by atoms with Crippen molar-refractivity contribution in [2.75, 3.05) is 0 Å². The van der Waals surface area contributed by atoms with E-state index < -0.39 is 0 Å². The first-order chi connectivity index (χ1) is 1.41. The van der Waals surface area contributed by atoms with Crippen LogP contribution in [-0.4, -0.2) is 18.9 Å². The van der Waals surface area contributed by atoms with E-state index in [9.17, 15) is 0 Å². The molecule has 0 bridgehead atoms. The maximum absolute atomic E-state index is 4.72. The SMILES string of the molecule is [CH]=CC.[LiH]. The minimum atomic E-state index is 0. The molecule has 0 aromatic carbocycles. The van der Waals surface area contributed by atoms with Crippen LogP contribution in [0.25, 0.3) is 0 Å². The Morgan fingerprint density at radius 2 is 1.75 bits per heavy atom. The van der Waals surface area contributed by atoms with Gasteiger partial charge in [-0.05, 0) is 6.92 Å². The molecule has 0 aromatic rings. The average Bonchev–Trinajstić information content (AvgIpc) is 0.918. The fraction of sp³-hybridized carbons (Fsp3) is 0.333. The molecule has 0 rings (SSSR count). The molecule has 0 aliphatic heterocycles. The number of hydrogen-bond donors (Lipinski definition) is 0. The number of allylic oxidation sites excluding steroid dienone is 1. The van der Waals surface area contributed by atoms with Crippen LogP contribution in [-0.2, 0) is 0 Å². The zero-order valence-corrected chi connectivity index (χ0v) is 2.15. The van der Waals surface area contributed by atoms with Crippen molar-refractivity contribution in [2.24, 2.45) is 0 Å². The Balaban J connectivity index is 0. The van der Waals surface area contributed by atoms with Crippen LogP contribution in [0.4, 0.5) is 0 Å². The van der Waals surface area contributed by atoms with Crippen molar-refractivity contribution in [1.29, 1.82) is 0 Å². The Morgan fingerprint density at radius 3 is 1.75 bits per heavy atom. The van der Waals surface area contributed by atoms with Crippen LogP contribution in [0.3, 0.4) is 0 Å². The van der Waals surface area contributed by atoms with Crippen molar-refractivity contribution in [3.8, 4) is 0 Å². The van der Waals surface area contributed by atoms with Crippen LogP contribution in [0.1, 0.15) is 6.92 Å². The third kappa shape index (κ3) is 36.7. The molecule has 0 fully saturated rings. The van der Waals surface area contributed by atoms with Crippen molar-refractivity contribution in [2.45, 2.75) is 6.92 Å². The average molecular weight is 49.0 g/mol. The molecule has 1 heteroatoms. The Labute approximate surface area is 39.1 Å². The van der Waals surface area contributed by atoms with Gasteiger partial charge in [-0.25, -0.2) is 0 Å². The molecule has 0 aliphatic carbocycles. The van der Waals surface area contributed by atoms with Gasteiger partial charge in [0, 0.05) is 0 Å². The van der Waals surface area contributed by atoms with E-state index in [1.54, 1.807) is 6.92 Å². The van der Waals surface area contributed by atoms with E-state index in [4.69, 9.17) is 6.58 Å². The fourth-order valence-electron chi connectivity index (χ4n) is 0. The Morgan fingerprint density at radius 1 is 1.75 bits per heavy atom. The topological polar surface area (TPSA) is 0 Å². The van der Waals surface area contributed by atoms with E-state index in [-0.39, 0.29) is 18.9 Å². The molecule has 19 valence electrons. The van der Waals surface area contributed by atoms with Gasteiger partial charge >= 0.3 is 18.9 Å². The third-order valence-electron chi connectivity index (χ3n) is 0. The van der Waals surface area contributed by atoms with Crippen molar-refractivity contribution >= 4 is 18.9 Å². The van der Waals surface area contributed by atoms with Crippen molar-refractivity contribution < 1.29 is 0 Å². The zero-order chi connectivity index (χ0) is 2.71. The van der Waals surface area contributed by atoms with Gasteiger partial charge in [-0.3, -0.25) is 0 Å². The Hall–Kier alpha value is 0.337. The summed E-state index contributed by atoms with van der Waals surface area (Å²) in [6, 6.07) is 0. The molecule has 0 amide bonds. The third-order valence-corrected chi connectivity index (χ3v) is 0. The van der Waals surface area contributed by atoms with Gasteiger partial charge in [0.15, 0.2) is 0 Å². The Bertz CT molecular complexity index is 10.8. The van der Waals surface area contributed by atoms with Crippen molar-refractivity contribution in [1.82, 2.24) is 0 Å². The number of hydrogen-bond acceptors (Lipinski definition) is 0. The van der Waals surface area contributed by atoms with E-state index >= 15 is 0 Å². The summed E-state index contributed by atoms with van der Waals surface area (Å²) in [6.07, 6.45) is 1.50. The Kier molecular flexibility index (Phi) is 22.5. The van der Waals surface area contributed by atoms with Crippen LogP contribution in [0, 0.1) is 6.58 Å². The molecular weight excluding hydrogens is 43.0 g/mol. The monoisotopic (exact) mass is 49.1 g/mol. The molecule has 0 unspecified atom stereocenters. The molecule has 0 atom stereocenters. The van der Waals surface area contributed by atoms with E-state index in [1.165, 1.54) is 6.08 Å². The summed E-state index contributed by atoms with van der Waals surface area (Å²) in [5.41, 5.74) is 0. The van der Waals surface area contributed by atoms with Crippen LogP contribution in [0.5, 0.6) is 0 Å². The molecule has 4 heavy (non-hydrogen) atoms. The van der Waals surface area contributed by atoms with Gasteiger partial charge in [-0.15, -0.1) is 0 Å². The van der Waals surface area contributed by atoms with Gasteiger partial charge in [-0.2, -0.15) is 0 Å². The van der Waals surface area contributed by atoms with E-state index in [1.807, 2.05) is 0 Å². The van der Waals surface area contributed by atoms with Crippen molar-refractivity contribution in [3.63, 3.8) is 0 Å². The summed E-state index contributed by atoms with van der Waals surface area (Å²) >= 11 is 0. The molecule has 0 aliphatic rings. The molecule has 0 spiro atoms. The molecule has 0 N–H and O–H groups in total. The van der Waals surface area contributed by atoms with E-state index in [0.717, 1.165) is 0 Å². The maximum atomic E-state index is 4.72. The first-order valence-electron chi connectivity index (χ1n) is 0.911. The summed E-state index contributed by atoms with van der Waals surface area (Å²) in [5, 5.41) is 0. The molecule has 0 saturated heterocycles. The number of rotatable bonds is 0. The predicted octanol–water partition coefficient (Wildman–Crippen LogP) is 0.347. The zero-order valence-electron chi connectivity index (χ0n) is 2.15. The molecule has 0 heterocycles. The summed E-state index contributed by atoms with van der Waals surface area (Å²) in [6.45, 7) is 6.50. The second kappa shape index (κ2) is 10.2. The van der Waals surface area contributed by atoms with Gasteiger partial charge < -0.3 is 0 Å². The normalized spacial score (nSPS) is 3.25. The van der Waals surface area contributed by atoms with Gasteiger partial charge in [0.2, 0.25) is 0 Å². The summed E-state index contributed by atoms with van der Waals surface area (Å²) in [5.74, 6) is 0. The first-order valence-corrected chi connectivity index (χ1v) is 0.911. The summed E-state index contributed by atoms with van der Waals surface area (Å²) < 4.78 is 0. The fourth-order valence-corrected chi connectivity index (χ4v) is 0. The second-order valence-electron chi connectivity index (χ2n) is 0.333. The standard InChI is InChI=1S/C3H5.Li.H/c1-3-2;;/h1,3H,2H3;;. The van der Waals surface area contributed by atoms with Crippen LogP contribution in [0.2, 0.25) is 0 Å². The molecular formula is C3H6Li. The summed E-state index contributed by atoms with van der Waals surface area (Å²) in [7, 11) is 0. The second-order valence-corrected chi connectivity index (χ2v) is 0.333. The quantitative estimate of drug-likeness (QED) is 0.347. The predicted molar refractivity (Wildman–Crippen MR) is 21.7 cm³/mol. The van der Waals surface area contributed by atoms with Gasteiger partial charge in [-0.1, -0.05) is 12.7 Å². The van der Waals surface area contributed by atoms with Crippen LogP contribution >= 0.6 is 0 Å². The summed E-state index contributed by atoms with van der Waals surface area (Å²) in [4.78, 5) is 0. The van der Waals surface area contributed by atoms with E-state index in [2.05, 4.69) is 0 Å². The first kappa shape index (κ1) is 8.84. The van der Waals surface area contributed by atoms with Crippen molar-refractivity contribution in [3.05, 3.63) is 12.7 Å². The van der Waals surface area contributed by atoms with Gasteiger partial charge in [0.25, 0.3) is 0 Å². The molecule has 0 aromatic heterocycles. The molecule has 1 radical (unpaired) electrons. The van der Waals surface area contributed by atoms with Crippen LogP contribution < -0.4 is 0 Å².